The molecule has 1 saturated heterocycles. The molecule has 0 saturated carbocycles. The van der Waals surface area contributed by atoms with Crippen molar-refractivity contribution in [1.82, 2.24) is 14.9 Å². The Kier molecular flexibility index (Phi) is 3.62. The molecule has 20 heavy (non-hydrogen) atoms. The van der Waals surface area contributed by atoms with Crippen LogP contribution in [0.25, 0.3) is 5.69 Å². The summed E-state index contributed by atoms with van der Waals surface area (Å²) in [5.74, 6) is 0. The summed E-state index contributed by atoms with van der Waals surface area (Å²) in [5.41, 5.74) is 5.11. The van der Waals surface area contributed by atoms with Crippen LogP contribution in [0.4, 0.5) is 0 Å². The lowest BCUT2D eigenvalue weighted by molar-refractivity contribution is 0.334. The molecule has 2 unspecified atom stereocenters. The van der Waals surface area contributed by atoms with Gasteiger partial charge in [-0.25, -0.2) is 4.98 Å². The van der Waals surface area contributed by atoms with E-state index in [1.54, 1.807) is 0 Å². The van der Waals surface area contributed by atoms with Crippen LogP contribution in [0.2, 0.25) is 0 Å². The number of piperidine rings is 1. The molecule has 2 aromatic rings. The van der Waals surface area contributed by atoms with Crippen LogP contribution in [-0.2, 0) is 0 Å². The Morgan fingerprint density at radius 2 is 2.10 bits per heavy atom. The monoisotopic (exact) mass is 269 g/mol. The lowest BCUT2D eigenvalue weighted by Gasteiger charge is -2.29. The van der Waals surface area contributed by atoms with E-state index in [1.807, 2.05) is 12.5 Å². The maximum atomic E-state index is 4.39. The fourth-order valence-electron chi connectivity index (χ4n) is 3.11. The molecule has 3 nitrogen and oxygen atoms in total. The van der Waals surface area contributed by atoms with E-state index in [9.17, 15) is 0 Å². The number of benzene rings is 1. The van der Waals surface area contributed by atoms with Gasteiger partial charge in [-0.2, -0.15) is 0 Å². The van der Waals surface area contributed by atoms with Crippen molar-refractivity contribution >= 4 is 0 Å². The largest absolute Gasteiger partial charge is 0.306 e. The van der Waals surface area contributed by atoms with E-state index in [-0.39, 0.29) is 0 Å². The zero-order valence-corrected chi connectivity index (χ0v) is 12.6. The molecule has 0 spiro atoms. The number of hydrogen-bond donors (Lipinski definition) is 1. The highest BCUT2D eigenvalue weighted by Gasteiger charge is 2.22. The van der Waals surface area contributed by atoms with Gasteiger partial charge in [0.05, 0.1) is 18.2 Å². The number of nitrogens with one attached hydrogen (secondary N) is 1. The first kappa shape index (κ1) is 13.4. The zero-order chi connectivity index (χ0) is 14.1. The SMILES string of the molecule is Cc1ccc(C)c(-n2cncc2C2CCCC(C)N2)c1. The van der Waals surface area contributed by atoms with Gasteiger partial charge in [-0.1, -0.05) is 12.1 Å². The molecule has 3 heteroatoms. The van der Waals surface area contributed by atoms with Crippen molar-refractivity contribution in [3.8, 4) is 5.69 Å². The van der Waals surface area contributed by atoms with Crippen LogP contribution in [-0.4, -0.2) is 15.6 Å². The van der Waals surface area contributed by atoms with E-state index in [1.165, 1.54) is 41.8 Å². The predicted octanol–water partition coefficient (Wildman–Crippen LogP) is 3.69. The molecule has 0 amide bonds. The van der Waals surface area contributed by atoms with Gasteiger partial charge in [-0.15, -0.1) is 0 Å². The summed E-state index contributed by atoms with van der Waals surface area (Å²) < 4.78 is 2.25. The van der Waals surface area contributed by atoms with Gasteiger partial charge in [0.2, 0.25) is 0 Å². The highest BCUT2D eigenvalue weighted by molar-refractivity contribution is 5.44. The molecule has 1 aromatic carbocycles. The summed E-state index contributed by atoms with van der Waals surface area (Å²) in [6.07, 6.45) is 7.71. The van der Waals surface area contributed by atoms with Crippen molar-refractivity contribution in [3.05, 3.63) is 47.5 Å². The summed E-state index contributed by atoms with van der Waals surface area (Å²) in [4.78, 5) is 4.39. The second-order valence-electron chi connectivity index (χ2n) is 6.03. The average Bonchev–Trinajstić information content (AvgIpc) is 2.90. The highest BCUT2D eigenvalue weighted by atomic mass is 15.1. The highest BCUT2D eigenvalue weighted by Crippen LogP contribution is 2.28. The maximum absolute atomic E-state index is 4.39. The third-order valence-electron chi connectivity index (χ3n) is 4.26. The third-order valence-corrected chi connectivity index (χ3v) is 4.26. The summed E-state index contributed by atoms with van der Waals surface area (Å²) >= 11 is 0. The topological polar surface area (TPSA) is 29.9 Å². The molecule has 0 bridgehead atoms. The minimum Gasteiger partial charge on any atom is -0.306 e. The molecule has 0 aliphatic carbocycles. The van der Waals surface area contributed by atoms with Crippen LogP contribution in [0.5, 0.6) is 0 Å². The fourth-order valence-corrected chi connectivity index (χ4v) is 3.11. The van der Waals surface area contributed by atoms with E-state index in [4.69, 9.17) is 0 Å². The van der Waals surface area contributed by atoms with Crippen LogP contribution in [0.1, 0.15) is 49.0 Å². The van der Waals surface area contributed by atoms with Gasteiger partial charge in [0.1, 0.15) is 0 Å². The minimum absolute atomic E-state index is 0.418. The van der Waals surface area contributed by atoms with Crippen molar-refractivity contribution in [2.24, 2.45) is 0 Å². The second kappa shape index (κ2) is 5.41. The Morgan fingerprint density at radius 1 is 1.25 bits per heavy atom. The average molecular weight is 269 g/mol. The van der Waals surface area contributed by atoms with E-state index < -0.39 is 0 Å². The first-order valence-electron chi connectivity index (χ1n) is 7.51. The first-order chi connectivity index (χ1) is 9.65. The minimum atomic E-state index is 0.418. The van der Waals surface area contributed by atoms with Crippen molar-refractivity contribution in [1.29, 1.82) is 0 Å². The van der Waals surface area contributed by atoms with Gasteiger partial charge < -0.3 is 9.88 Å². The number of imidazole rings is 1. The Morgan fingerprint density at radius 3 is 2.90 bits per heavy atom. The Hall–Kier alpha value is -1.61. The van der Waals surface area contributed by atoms with E-state index in [0.717, 1.165) is 0 Å². The van der Waals surface area contributed by atoms with Crippen molar-refractivity contribution in [2.75, 3.05) is 0 Å². The summed E-state index contributed by atoms with van der Waals surface area (Å²) in [5, 5.41) is 3.70. The number of nitrogens with zero attached hydrogens (tertiary/aromatic N) is 2. The third kappa shape index (κ3) is 2.50. The number of hydrogen-bond acceptors (Lipinski definition) is 2. The van der Waals surface area contributed by atoms with Gasteiger partial charge in [0, 0.05) is 17.8 Å². The molecule has 1 aliphatic rings. The van der Waals surface area contributed by atoms with Gasteiger partial charge in [0.15, 0.2) is 0 Å². The Balaban J connectivity index is 1.99. The second-order valence-corrected chi connectivity index (χ2v) is 6.03. The molecule has 1 N–H and O–H groups in total. The summed E-state index contributed by atoms with van der Waals surface area (Å²) in [6, 6.07) is 7.60. The summed E-state index contributed by atoms with van der Waals surface area (Å²) in [6.45, 7) is 6.57. The molecular formula is C17H23N3. The molecule has 1 aromatic heterocycles. The molecular weight excluding hydrogens is 246 g/mol. The van der Waals surface area contributed by atoms with E-state index >= 15 is 0 Å². The molecule has 1 aliphatic heterocycles. The van der Waals surface area contributed by atoms with Crippen molar-refractivity contribution < 1.29 is 0 Å². The number of aryl methyl sites for hydroxylation is 2. The molecule has 2 heterocycles. The van der Waals surface area contributed by atoms with Crippen LogP contribution >= 0.6 is 0 Å². The maximum Gasteiger partial charge on any atom is 0.0994 e. The lowest BCUT2D eigenvalue weighted by Crippen LogP contribution is -2.35. The van der Waals surface area contributed by atoms with Crippen LogP contribution in [0.15, 0.2) is 30.7 Å². The summed E-state index contributed by atoms with van der Waals surface area (Å²) in [7, 11) is 0. The van der Waals surface area contributed by atoms with Gasteiger partial charge >= 0.3 is 0 Å². The Labute approximate surface area is 121 Å². The normalized spacial score (nSPS) is 22.9. The van der Waals surface area contributed by atoms with Crippen molar-refractivity contribution in [3.63, 3.8) is 0 Å². The quantitative estimate of drug-likeness (QED) is 0.901. The van der Waals surface area contributed by atoms with Gasteiger partial charge in [0.25, 0.3) is 0 Å². The van der Waals surface area contributed by atoms with E-state index in [2.05, 4.69) is 53.8 Å². The standard InChI is InChI=1S/C17H23N3/c1-12-7-8-13(2)16(9-12)20-11-18-10-17(20)15-6-4-5-14(3)19-15/h7-11,14-15,19H,4-6H2,1-3H3. The molecule has 106 valence electrons. The lowest BCUT2D eigenvalue weighted by atomic mass is 9.97. The van der Waals surface area contributed by atoms with Crippen LogP contribution < -0.4 is 5.32 Å². The first-order valence-corrected chi connectivity index (χ1v) is 7.51. The van der Waals surface area contributed by atoms with Crippen molar-refractivity contribution in [2.45, 2.75) is 52.1 Å². The smallest absolute Gasteiger partial charge is 0.0994 e. The van der Waals surface area contributed by atoms with Crippen LogP contribution in [0.3, 0.4) is 0 Å². The van der Waals surface area contributed by atoms with Gasteiger partial charge in [-0.05, 0) is 57.2 Å². The van der Waals surface area contributed by atoms with Gasteiger partial charge in [-0.3, -0.25) is 0 Å². The molecule has 1 fully saturated rings. The molecule has 3 rings (SSSR count). The molecule has 0 radical (unpaired) electrons. The molecule has 2 atom stereocenters. The fraction of sp³-hybridized carbons (Fsp3) is 0.471. The zero-order valence-electron chi connectivity index (χ0n) is 12.6. The predicted molar refractivity (Wildman–Crippen MR) is 82.2 cm³/mol. The number of rotatable bonds is 2. The number of aromatic nitrogens is 2. The van der Waals surface area contributed by atoms with E-state index in [0.29, 0.717) is 12.1 Å². The Bertz CT molecular complexity index is 600. The van der Waals surface area contributed by atoms with Crippen LogP contribution in [0, 0.1) is 13.8 Å².